The normalized spacial score (nSPS) is 10.8. The maximum Gasteiger partial charge on any atom is 0.265 e. The van der Waals surface area contributed by atoms with Crippen molar-refractivity contribution in [3.8, 4) is 0 Å². The van der Waals surface area contributed by atoms with Gasteiger partial charge in [-0.3, -0.25) is 14.2 Å². The molecule has 2 aromatic heterocycles. The zero-order valence-corrected chi connectivity index (χ0v) is 15.5. The molecule has 0 atom stereocenters. The fourth-order valence-electron chi connectivity index (χ4n) is 3.19. The second-order valence-corrected chi connectivity index (χ2v) is 6.63. The van der Waals surface area contributed by atoms with E-state index < -0.39 is 17.3 Å². The monoisotopic (exact) mass is 387 g/mol. The average Bonchev–Trinajstić information content (AvgIpc) is 2.76. The van der Waals surface area contributed by atoms with E-state index in [0.29, 0.717) is 23.1 Å². The van der Waals surface area contributed by atoms with E-state index in [1.807, 2.05) is 30.3 Å². The Bertz CT molecular complexity index is 1240. The summed E-state index contributed by atoms with van der Waals surface area (Å²) in [4.78, 5) is 30.1. The summed E-state index contributed by atoms with van der Waals surface area (Å²) in [6.07, 6.45) is 1.56. The summed E-state index contributed by atoms with van der Waals surface area (Å²) in [5.41, 5.74) is 1.17. The molecule has 1 N–H and O–H groups in total. The first-order valence-electron chi connectivity index (χ1n) is 9.17. The Morgan fingerprint density at radius 3 is 2.55 bits per heavy atom. The number of benzene rings is 2. The molecule has 4 rings (SSSR count). The van der Waals surface area contributed by atoms with Crippen LogP contribution in [-0.4, -0.2) is 15.5 Å². The number of rotatable bonds is 5. The van der Waals surface area contributed by atoms with E-state index in [-0.39, 0.29) is 12.1 Å². The Kier molecular flexibility index (Phi) is 5.16. The molecule has 0 radical (unpaired) electrons. The topological polar surface area (TPSA) is 64.0 Å². The maximum absolute atomic E-state index is 14.2. The van der Waals surface area contributed by atoms with Gasteiger partial charge >= 0.3 is 0 Å². The number of carbonyl (C=O) groups excluding carboxylic acids is 1. The first kappa shape index (κ1) is 18.6. The van der Waals surface area contributed by atoms with Crippen LogP contribution in [0.5, 0.6) is 0 Å². The first-order valence-corrected chi connectivity index (χ1v) is 9.17. The van der Waals surface area contributed by atoms with Crippen LogP contribution in [0.15, 0.2) is 83.8 Å². The van der Waals surface area contributed by atoms with Crippen LogP contribution in [0.4, 0.5) is 4.39 Å². The van der Waals surface area contributed by atoms with Crippen LogP contribution >= 0.6 is 0 Å². The van der Waals surface area contributed by atoms with Crippen molar-refractivity contribution in [2.45, 2.75) is 13.1 Å². The molecule has 0 aliphatic carbocycles. The molecule has 0 bridgehead atoms. The van der Waals surface area contributed by atoms with Gasteiger partial charge in [-0.1, -0.05) is 48.5 Å². The quantitative estimate of drug-likeness (QED) is 0.570. The molecule has 144 valence electrons. The standard InChI is InChI=1S/C23H18FN3O2/c24-20-11-5-4-9-18(20)15-27-21-17(10-6-12-25-21)13-19(23(27)29)22(28)26-14-16-7-2-1-3-8-16/h1-13H,14-15H2,(H,26,28). The van der Waals surface area contributed by atoms with Crippen LogP contribution in [0.3, 0.4) is 0 Å². The minimum Gasteiger partial charge on any atom is -0.348 e. The lowest BCUT2D eigenvalue weighted by molar-refractivity contribution is 0.0949. The number of halogens is 1. The number of carbonyl (C=O) groups is 1. The number of fused-ring (bicyclic) bond motifs is 1. The minimum atomic E-state index is -0.509. The Morgan fingerprint density at radius 1 is 1.00 bits per heavy atom. The molecule has 0 aliphatic rings. The smallest absolute Gasteiger partial charge is 0.265 e. The van der Waals surface area contributed by atoms with Gasteiger partial charge in [0, 0.05) is 23.7 Å². The van der Waals surface area contributed by atoms with E-state index in [9.17, 15) is 14.0 Å². The lowest BCUT2D eigenvalue weighted by Gasteiger charge is -2.13. The summed E-state index contributed by atoms with van der Waals surface area (Å²) >= 11 is 0. The lowest BCUT2D eigenvalue weighted by atomic mass is 10.1. The zero-order valence-electron chi connectivity index (χ0n) is 15.5. The second-order valence-electron chi connectivity index (χ2n) is 6.63. The number of amides is 1. The van der Waals surface area contributed by atoms with Crippen LogP contribution in [0.2, 0.25) is 0 Å². The third-order valence-electron chi connectivity index (χ3n) is 4.67. The Morgan fingerprint density at radius 2 is 1.76 bits per heavy atom. The number of pyridine rings is 2. The van der Waals surface area contributed by atoms with Gasteiger partial charge in [0.1, 0.15) is 17.0 Å². The van der Waals surface area contributed by atoms with Crippen molar-refractivity contribution in [2.75, 3.05) is 0 Å². The van der Waals surface area contributed by atoms with E-state index in [1.165, 1.54) is 16.7 Å². The number of nitrogens with one attached hydrogen (secondary N) is 1. The van der Waals surface area contributed by atoms with Crippen LogP contribution in [0.1, 0.15) is 21.5 Å². The Labute approximate surface area is 166 Å². The van der Waals surface area contributed by atoms with E-state index in [1.54, 1.807) is 36.5 Å². The minimum absolute atomic E-state index is 0.00206. The van der Waals surface area contributed by atoms with Gasteiger partial charge in [-0.15, -0.1) is 0 Å². The molecule has 4 aromatic rings. The van der Waals surface area contributed by atoms with E-state index in [4.69, 9.17) is 0 Å². The SMILES string of the molecule is O=C(NCc1ccccc1)c1cc2cccnc2n(Cc2ccccc2F)c1=O. The summed E-state index contributed by atoms with van der Waals surface area (Å²) in [6.45, 7) is 0.288. The molecular weight excluding hydrogens is 369 g/mol. The van der Waals surface area contributed by atoms with Gasteiger partial charge in [-0.05, 0) is 29.8 Å². The molecule has 2 heterocycles. The molecule has 1 amide bonds. The molecule has 0 unspecified atom stereocenters. The zero-order chi connectivity index (χ0) is 20.2. The molecule has 0 fully saturated rings. The summed E-state index contributed by atoms with van der Waals surface area (Å²) in [5, 5.41) is 3.41. The number of aromatic nitrogens is 2. The Hall–Kier alpha value is -3.80. The van der Waals surface area contributed by atoms with Gasteiger partial charge in [0.15, 0.2) is 0 Å². The van der Waals surface area contributed by atoms with Crippen LogP contribution in [-0.2, 0) is 13.1 Å². The fraction of sp³-hybridized carbons (Fsp3) is 0.0870. The highest BCUT2D eigenvalue weighted by Gasteiger charge is 2.17. The number of hydrogen-bond acceptors (Lipinski definition) is 3. The first-order chi connectivity index (χ1) is 14.1. The predicted molar refractivity (Wildman–Crippen MR) is 109 cm³/mol. The predicted octanol–water partition coefficient (Wildman–Crippen LogP) is 3.51. The molecule has 0 aliphatic heterocycles. The van der Waals surface area contributed by atoms with Crippen molar-refractivity contribution < 1.29 is 9.18 Å². The second kappa shape index (κ2) is 8.06. The lowest BCUT2D eigenvalue weighted by Crippen LogP contribution is -2.33. The van der Waals surface area contributed by atoms with Gasteiger partial charge in [-0.25, -0.2) is 9.37 Å². The molecule has 0 spiro atoms. The Balaban J connectivity index is 1.73. The highest BCUT2D eigenvalue weighted by Crippen LogP contribution is 2.14. The summed E-state index contributed by atoms with van der Waals surface area (Å²) in [5.74, 6) is -0.894. The van der Waals surface area contributed by atoms with Crippen molar-refractivity contribution in [1.29, 1.82) is 0 Å². The molecule has 6 heteroatoms. The molecule has 2 aromatic carbocycles. The van der Waals surface area contributed by atoms with Gasteiger partial charge in [0.2, 0.25) is 0 Å². The highest BCUT2D eigenvalue weighted by molar-refractivity contribution is 5.96. The average molecular weight is 387 g/mol. The number of hydrogen-bond donors (Lipinski definition) is 1. The van der Waals surface area contributed by atoms with Crippen LogP contribution in [0.25, 0.3) is 11.0 Å². The van der Waals surface area contributed by atoms with Gasteiger partial charge < -0.3 is 5.32 Å². The van der Waals surface area contributed by atoms with E-state index in [0.717, 1.165) is 5.56 Å². The summed E-state index contributed by atoms with van der Waals surface area (Å²) in [6, 6.07) is 20.7. The van der Waals surface area contributed by atoms with Crippen molar-refractivity contribution in [1.82, 2.24) is 14.9 Å². The van der Waals surface area contributed by atoms with Gasteiger partial charge in [0.05, 0.1) is 6.54 Å². The van der Waals surface area contributed by atoms with Crippen LogP contribution in [0, 0.1) is 5.82 Å². The third kappa shape index (κ3) is 3.91. The van der Waals surface area contributed by atoms with E-state index >= 15 is 0 Å². The van der Waals surface area contributed by atoms with Gasteiger partial charge in [-0.2, -0.15) is 0 Å². The number of nitrogens with zero attached hydrogens (tertiary/aromatic N) is 2. The fourth-order valence-corrected chi connectivity index (χ4v) is 3.19. The maximum atomic E-state index is 14.2. The van der Waals surface area contributed by atoms with E-state index in [2.05, 4.69) is 10.3 Å². The molecular formula is C23H18FN3O2. The largest absolute Gasteiger partial charge is 0.348 e. The van der Waals surface area contributed by atoms with Crippen molar-refractivity contribution in [3.63, 3.8) is 0 Å². The van der Waals surface area contributed by atoms with Crippen molar-refractivity contribution in [2.24, 2.45) is 0 Å². The molecule has 5 nitrogen and oxygen atoms in total. The third-order valence-corrected chi connectivity index (χ3v) is 4.67. The van der Waals surface area contributed by atoms with Crippen molar-refractivity contribution in [3.05, 3.63) is 112 Å². The molecule has 0 saturated heterocycles. The van der Waals surface area contributed by atoms with Crippen LogP contribution < -0.4 is 10.9 Å². The summed E-state index contributed by atoms with van der Waals surface area (Å²) < 4.78 is 15.5. The summed E-state index contributed by atoms with van der Waals surface area (Å²) in [7, 11) is 0. The molecule has 0 saturated carbocycles. The highest BCUT2D eigenvalue weighted by atomic mass is 19.1. The molecule has 29 heavy (non-hydrogen) atoms. The van der Waals surface area contributed by atoms with Gasteiger partial charge in [0.25, 0.3) is 11.5 Å². The van der Waals surface area contributed by atoms with Crippen molar-refractivity contribution >= 4 is 16.9 Å².